The predicted molar refractivity (Wildman–Crippen MR) is 101 cm³/mol. The van der Waals surface area contributed by atoms with E-state index in [9.17, 15) is 9.59 Å². The van der Waals surface area contributed by atoms with Crippen molar-refractivity contribution in [3.8, 4) is 0 Å². The summed E-state index contributed by atoms with van der Waals surface area (Å²) in [5, 5.41) is 8.45. The third-order valence-electron chi connectivity index (χ3n) is 4.14. The fourth-order valence-electron chi connectivity index (χ4n) is 2.74. The average molecular weight is 364 g/mol. The number of benzene rings is 1. The van der Waals surface area contributed by atoms with E-state index in [4.69, 9.17) is 9.47 Å². The Hall–Kier alpha value is -2.16. The zero-order valence-corrected chi connectivity index (χ0v) is 15.6. The van der Waals surface area contributed by atoms with E-state index in [1.165, 1.54) is 7.11 Å². The van der Waals surface area contributed by atoms with E-state index in [1.807, 2.05) is 13.0 Å². The van der Waals surface area contributed by atoms with Crippen LogP contribution in [-0.2, 0) is 14.3 Å². The van der Waals surface area contributed by atoms with Gasteiger partial charge < -0.3 is 30.3 Å². The molecule has 144 valence electrons. The van der Waals surface area contributed by atoms with Crippen molar-refractivity contribution in [3.05, 3.63) is 23.8 Å². The van der Waals surface area contributed by atoms with E-state index in [0.29, 0.717) is 24.5 Å². The number of methoxy groups -OCH3 is 1. The third kappa shape index (κ3) is 6.62. The molecule has 1 fully saturated rings. The first-order valence-electron chi connectivity index (χ1n) is 8.68. The summed E-state index contributed by atoms with van der Waals surface area (Å²) in [4.78, 5) is 26.0. The van der Waals surface area contributed by atoms with Crippen molar-refractivity contribution in [2.75, 3.05) is 64.2 Å². The molecular formula is C18H28N4O4. The fourth-order valence-corrected chi connectivity index (χ4v) is 2.74. The lowest BCUT2D eigenvalue weighted by atomic mass is 10.1. The molecule has 0 aliphatic carbocycles. The average Bonchev–Trinajstić information content (AvgIpc) is 2.80. The van der Waals surface area contributed by atoms with Gasteiger partial charge in [0.05, 0.1) is 13.2 Å². The summed E-state index contributed by atoms with van der Waals surface area (Å²) < 4.78 is 10.4. The summed E-state index contributed by atoms with van der Waals surface area (Å²) >= 11 is 0. The Labute approximate surface area is 154 Å². The Bertz CT molecular complexity index is 623. The first-order valence-corrected chi connectivity index (χ1v) is 8.68. The first kappa shape index (κ1) is 20.2. The Kier molecular flexibility index (Phi) is 7.83. The number of carbonyl (C=O) groups excluding carboxylic acids is 2. The summed E-state index contributed by atoms with van der Waals surface area (Å²) in [6.07, 6.45) is 0. The maximum Gasteiger partial charge on any atom is 0.319 e. The second-order valence-electron chi connectivity index (χ2n) is 6.55. The maximum absolute atomic E-state index is 12.2. The van der Waals surface area contributed by atoms with Gasteiger partial charge >= 0.3 is 6.03 Å². The van der Waals surface area contributed by atoms with Crippen LogP contribution in [0.15, 0.2) is 18.2 Å². The molecule has 3 amide bonds. The van der Waals surface area contributed by atoms with Crippen LogP contribution in [0, 0.1) is 12.8 Å². The van der Waals surface area contributed by atoms with Crippen LogP contribution in [-0.4, -0.2) is 70.5 Å². The quantitative estimate of drug-likeness (QED) is 0.707. The molecule has 1 unspecified atom stereocenters. The number of amides is 3. The van der Waals surface area contributed by atoms with Crippen LogP contribution in [0.25, 0.3) is 0 Å². The second-order valence-corrected chi connectivity index (χ2v) is 6.55. The summed E-state index contributed by atoms with van der Waals surface area (Å²) in [6.45, 7) is 5.58. The molecule has 1 heterocycles. The molecule has 1 aliphatic heterocycles. The summed E-state index contributed by atoms with van der Waals surface area (Å²) in [6, 6.07) is 5.07. The zero-order chi connectivity index (χ0) is 18.9. The van der Waals surface area contributed by atoms with Crippen LogP contribution in [0.2, 0.25) is 0 Å². The minimum Gasteiger partial charge on any atom is -0.380 e. The van der Waals surface area contributed by atoms with Gasteiger partial charge in [0, 0.05) is 44.0 Å². The number of rotatable bonds is 6. The van der Waals surface area contributed by atoms with Crippen molar-refractivity contribution >= 4 is 23.3 Å². The van der Waals surface area contributed by atoms with Gasteiger partial charge in [-0.25, -0.2) is 4.79 Å². The molecule has 0 aromatic heterocycles. The molecule has 1 atom stereocenters. The van der Waals surface area contributed by atoms with Gasteiger partial charge in [0.15, 0.2) is 0 Å². The molecule has 1 aliphatic rings. The molecule has 8 nitrogen and oxygen atoms in total. The highest BCUT2D eigenvalue weighted by Crippen LogP contribution is 2.20. The molecule has 1 aromatic rings. The second kappa shape index (κ2) is 10.1. The van der Waals surface area contributed by atoms with Crippen LogP contribution in [0.1, 0.15) is 5.56 Å². The maximum atomic E-state index is 12.2. The van der Waals surface area contributed by atoms with Gasteiger partial charge in [0.25, 0.3) is 0 Å². The van der Waals surface area contributed by atoms with Gasteiger partial charge in [-0.15, -0.1) is 0 Å². The molecule has 1 aromatic carbocycles. The van der Waals surface area contributed by atoms with E-state index >= 15 is 0 Å². The topological polar surface area (TPSA) is 91.9 Å². The lowest BCUT2D eigenvalue weighted by Gasteiger charge is -2.19. The van der Waals surface area contributed by atoms with E-state index < -0.39 is 0 Å². The number of nitrogens with one attached hydrogen (secondary N) is 3. The lowest BCUT2D eigenvalue weighted by molar-refractivity contribution is -0.119. The fraction of sp³-hybridized carbons (Fsp3) is 0.556. The van der Waals surface area contributed by atoms with Crippen LogP contribution in [0.4, 0.5) is 16.2 Å². The largest absolute Gasteiger partial charge is 0.380 e. The standard InChI is InChI=1S/C18H28N4O4/c1-13-4-5-15(20-17(23)12-25-3)8-16(13)21-18(24)19-9-14-10-22(2)6-7-26-11-14/h4-5,8,14H,6-7,9-12H2,1-3H3,(H,20,23)(H2,19,21,24). The smallest absolute Gasteiger partial charge is 0.319 e. The van der Waals surface area contributed by atoms with Crippen molar-refractivity contribution in [1.82, 2.24) is 10.2 Å². The monoisotopic (exact) mass is 364 g/mol. The highest BCUT2D eigenvalue weighted by atomic mass is 16.5. The SMILES string of the molecule is COCC(=O)Nc1ccc(C)c(NC(=O)NCC2COCCN(C)C2)c1. The highest BCUT2D eigenvalue weighted by molar-refractivity contribution is 5.94. The minimum atomic E-state index is -0.277. The van der Waals surface area contributed by atoms with Crippen molar-refractivity contribution in [2.45, 2.75) is 6.92 Å². The normalized spacial score (nSPS) is 18.0. The zero-order valence-electron chi connectivity index (χ0n) is 15.6. The van der Waals surface area contributed by atoms with Gasteiger partial charge in [-0.3, -0.25) is 4.79 Å². The Balaban J connectivity index is 1.88. The number of ether oxygens (including phenoxy) is 2. The number of hydrogen-bond acceptors (Lipinski definition) is 5. The minimum absolute atomic E-state index is 0.0188. The molecule has 2 rings (SSSR count). The first-order chi connectivity index (χ1) is 12.5. The third-order valence-corrected chi connectivity index (χ3v) is 4.14. The Morgan fingerprint density at radius 3 is 2.92 bits per heavy atom. The van der Waals surface area contributed by atoms with Crippen LogP contribution >= 0.6 is 0 Å². The molecule has 8 heteroatoms. The van der Waals surface area contributed by atoms with E-state index in [1.54, 1.807) is 12.1 Å². The van der Waals surface area contributed by atoms with Crippen LogP contribution < -0.4 is 16.0 Å². The van der Waals surface area contributed by atoms with Crippen molar-refractivity contribution in [1.29, 1.82) is 0 Å². The van der Waals surface area contributed by atoms with Gasteiger partial charge in [-0.05, 0) is 31.7 Å². The molecule has 0 spiro atoms. The number of aryl methyl sites for hydroxylation is 1. The van der Waals surface area contributed by atoms with Crippen LogP contribution in [0.5, 0.6) is 0 Å². The summed E-state index contributed by atoms with van der Waals surface area (Å²) in [5.74, 6) is 0.0123. The summed E-state index contributed by atoms with van der Waals surface area (Å²) in [5.41, 5.74) is 2.15. The van der Waals surface area contributed by atoms with Crippen molar-refractivity contribution in [3.63, 3.8) is 0 Å². The van der Waals surface area contributed by atoms with Crippen LogP contribution in [0.3, 0.4) is 0 Å². The molecule has 3 N–H and O–H groups in total. The molecule has 0 saturated carbocycles. The highest BCUT2D eigenvalue weighted by Gasteiger charge is 2.17. The number of carbonyl (C=O) groups is 2. The Morgan fingerprint density at radius 2 is 2.15 bits per heavy atom. The van der Waals surface area contributed by atoms with E-state index in [-0.39, 0.29) is 24.5 Å². The number of nitrogens with zero attached hydrogens (tertiary/aromatic N) is 1. The van der Waals surface area contributed by atoms with E-state index in [0.717, 1.165) is 25.3 Å². The van der Waals surface area contributed by atoms with Gasteiger partial charge in [0.2, 0.25) is 5.91 Å². The van der Waals surface area contributed by atoms with Gasteiger partial charge in [0.1, 0.15) is 6.61 Å². The predicted octanol–water partition coefficient (Wildman–Crippen LogP) is 1.28. The molecular weight excluding hydrogens is 336 g/mol. The number of hydrogen-bond donors (Lipinski definition) is 3. The Morgan fingerprint density at radius 1 is 1.35 bits per heavy atom. The van der Waals surface area contributed by atoms with E-state index in [2.05, 4.69) is 27.9 Å². The van der Waals surface area contributed by atoms with Gasteiger partial charge in [-0.2, -0.15) is 0 Å². The van der Waals surface area contributed by atoms with Gasteiger partial charge in [-0.1, -0.05) is 6.07 Å². The number of anilines is 2. The summed E-state index contributed by atoms with van der Waals surface area (Å²) in [7, 11) is 3.51. The molecule has 0 bridgehead atoms. The molecule has 26 heavy (non-hydrogen) atoms. The van der Waals surface area contributed by atoms with Crippen molar-refractivity contribution in [2.24, 2.45) is 5.92 Å². The molecule has 1 saturated heterocycles. The number of likely N-dealkylation sites (N-methyl/N-ethyl adjacent to an activating group) is 1. The molecule has 0 radical (unpaired) electrons. The lowest BCUT2D eigenvalue weighted by Crippen LogP contribution is -2.38. The van der Waals surface area contributed by atoms with Crippen molar-refractivity contribution < 1.29 is 19.1 Å². The number of urea groups is 1.